The molecule has 1 heterocycles. The minimum Gasteiger partial charge on any atom is -0.492 e. The molecule has 1 aromatic heterocycles. The van der Waals surface area contributed by atoms with Crippen molar-refractivity contribution < 1.29 is 4.74 Å². The lowest BCUT2D eigenvalue weighted by Gasteiger charge is -2.21. The lowest BCUT2D eigenvalue weighted by atomic mass is 9.90. The first kappa shape index (κ1) is 14.3. The number of hydrogen-bond donors (Lipinski definition) is 1. The zero-order valence-electron chi connectivity index (χ0n) is 12.0. The molecule has 1 fully saturated rings. The van der Waals surface area contributed by atoms with Crippen LogP contribution in [0.5, 0.6) is 5.75 Å². The molecular formula is C16H26N2O. The quantitative estimate of drug-likeness (QED) is 0.763. The van der Waals surface area contributed by atoms with E-state index in [9.17, 15) is 0 Å². The third kappa shape index (κ3) is 5.19. The molecule has 1 aliphatic rings. The van der Waals surface area contributed by atoms with E-state index in [0.29, 0.717) is 0 Å². The molecule has 1 aromatic rings. The summed E-state index contributed by atoms with van der Waals surface area (Å²) >= 11 is 0. The number of nitrogens with zero attached hydrogens (tertiary/aromatic N) is 1. The number of rotatable bonds is 7. The molecule has 0 amide bonds. The zero-order chi connectivity index (χ0) is 13.3. The molecule has 0 spiro atoms. The fourth-order valence-electron chi connectivity index (χ4n) is 2.56. The molecule has 3 nitrogen and oxygen atoms in total. The first-order valence-corrected chi connectivity index (χ1v) is 7.67. The van der Waals surface area contributed by atoms with Gasteiger partial charge in [0.05, 0.1) is 18.5 Å². The van der Waals surface area contributed by atoms with E-state index in [1.165, 1.54) is 32.1 Å². The monoisotopic (exact) mass is 262 g/mol. The fraction of sp³-hybridized carbons (Fsp3) is 0.688. The molecule has 0 aliphatic heterocycles. The number of aromatic nitrogens is 1. The maximum Gasteiger partial charge on any atom is 0.137 e. The Morgan fingerprint density at radius 1 is 1.26 bits per heavy atom. The summed E-state index contributed by atoms with van der Waals surface area (Å²) in [4.78, 5) is 4.43. The number of nitrogens with one attached hydrogen (secondary N) is 1. The van der Waals surface area contributed by atoms with Crippen molar-refractivity contribution >= 4 is 0 Å². The van der Waals surface area contributed by atoms with E-state index in [1.54, 1.807) is 0 Å². The van der Waals surface area contributed by atoms with E-state index in [4.69, 9.17) is 4.74 Å². The molecule has 0 saturated heterocycles. The van der Waals surface area contributed by atoms with Crippen LogP contribution in [0.2, 0.25) is 0 Å². The van der Waals surface area contributed by atoms with Crippen LogP contribution < -0.4 is 10.1 Å². The first-order valence-electron chi connectivity index (χ1n) is 7.67. The summed E-state index contributed by atoms with van der Waals surface area (Å²) in [6.07, 6.45) is 9.80. The maximum atomic E-state index is 5.84. The third-order valence-electron chi connectivity index (χ3n) is 3.74. The van der Waals surface area contributed by atoms with Crippen LogP contribution in [0.25, 0.3) is 0 Å². The Balaban J connectivity index is 1.71. The van der Waals surface area contributed by atoms with Crippen LogP contribution in [-0.2, 0) is 6.54 Å². The SMILES string of the molecule is CCCNCc1ccc(OCC2CCCCC2)cn1. The molecule has 3 heteroatoms. The van der Waals surface area contributed by atoms with Crippen LogP contribution in [0, 0.1) is 5.92 Å². The van der Waals surface area contributed by atoms with Crippen molar-refractivity contribution in [2.75, 3.05) is 13.2 Å². The Hall–Kier alpha value is -1.09. The zero-order valence-corrected chi connectivity index (χ0v) is 12.0. The number of pyridine rings is 1. The van der Waals surface area contributed by atoms with Crippen LogP contribution >= 0.6 is 0 Å². The van der Waals surface area contributed by atoms with E-state index in [2.05, 4.69) is 23.3 Å². The van der Waals surface area contributed by atoms with Crippen LogP contribution in [0.4, 0.5) is 0 Å². The molecule has 1 aliphatic carbocycles. The lowest BCUT2D eigenvalue weighted by molar-refractivity contribution is 0.208. The van der Waals surface area contributed by atoms with Crippen molar-refractivity contribution in [3.8, 4) is 5.75 Å². The molecule has 19 heavy (non-hydrogen) atoms. The van der Waals surface area contributed by atoms with Crippen LogP contribution in [0.3, 0.4) is 0 Å². The summed E-state index contributed by atoms with van der Waals surface area (Å²) in [6.45, 7) is 4.91. The molecule has 1 saturated carbocycles. The molecule has 2 rings (SSSR count). The van der Waals surface area contributed by atoms with Gasteiger partial charge in [-0.25, -0.2) is 0 Å². The average Bonchev–Trinajstić information content (AvgIpc) is 2.48. The molecule has 0 aromatic carbocycles. The highest BCUT2D eigenvalue weighted by atomic mass is 16.5. The van der Waals surface area contributed by atoms with Gasteiger partial charge in [0, 0.05) is 6.54 Å². The van der Waals surface area contributed by atoms with Crippen LogP contribution in [0.1, 0.15) is 51.1 Å². The average molecular weight is 262 g/mol. The second kappa shape index (κ2) is 8.16. The van der Waals surface area contributed by atoms with Crippen LogP contribution in [-0.4, -0.2) is 18.1 Å². The highest BCUT2D eigenvalue weighted by molar-refractivity contribution is 5.19. The smallest absolute Gasteiger partial charge is 0.137 e. The summed E-state index contributed by atoms with van der Waals surface area (Å²) in [7, 11) is 0. The van der Waals surface area contributed by atoms with Crippen molar-refractivity contribution in [2.24, 2.45) is 5.92 Å². The fourth-order valence-corrected chi connectivity index (χ4v) is 2.56. The van der Waals surface area contributed by atoms with E-state index < -0.39 is 0 Å². The van der Waals surface area contributed by atoms with E-state index in [0.717, 1.165) is 43.5 Å². The molecule has 0 bridgehead atoms. The van der Waals surface area contributed by atoms with E-state index >= 15 is 0 Å². The summed E-state index contributed by atoms with van der Waals surface area (Å²) in [5, 5.41) is 3.35. The highest BCUT2D eigenvalue weighted by Gasteiger charge is 2.13. The summed E-state index contributed by atoms with van der Waals surface area (Å²) in [5.41, 5.74) is 1.08. The van der Waals surface area contributed by atoms with Gasteiger partial charge in [-0.1, -0.05) is 26.2 Å². The summed E-state index contributed by atoms with van der Waals surface area (Å²) in [5.74, 6) is 1.66. The Labute approximate surface area is 116 Å². The topological polar surface area (TPSA) is 34.1 Å². The standard InChI is InChI=1S/C16H26N2O/c1-2-10-17-11-15-8-9-16(12-18-15)19-13-14-6-4-3-5-7-14/h8-9,12,14,17H,2-7,10-11,13H2,1H3. The van der Waals surface area contributed by atoms with Gasteiger partial charge < -0.3 is 10.1 Å². The Morgan fingerprint density at radius 2 is 2.11 bits per heavy atom. The van der Waals surface area contributed by atoms with Gasteiger partial charge in [-0.15, -0.1) is 0 Å². The minimum absolute atomic E-state index is 0.750. The molecular weight excluding hydrogens is 236 g/mol. The second-order valence-corrected chi connectivity index (χ2v) is 5.48. The highest BCUT2D eigenvalue weighted by Crippen LogP contribution is 2.24. The van der Waals surface area contributed by atoms with Gasteiger partial charge in [0.25, 0.3) is 0 Å². The van der Waals surface area contributed by atoms with Crippen molar-refractivity contribution in [3.63, 3.8) is 0 Å². The number of ether oxygens (including phenoxy) is 1. The van der Waals surface area contributed by atoms with Crippen molar-refractivity contribution in [3.05, 3.63) is 24.0 Å². The Morgan fingerprint density at radius 3 is 2.79 bits per heavy atom. The van der Waals surface area contributed by atoms with Gasteiger partial charge >= 0.3 is 0 Å². The van der Waals surface area contributed by atoms with Gasteiger partial charge in [0.1, 0.15) is 5.75 Å². The van der Waals surface area contributed by atoms with E-state index in [-0.39, 0.29) is 0 Å². The Kier molecular flexibility index (Phi) is 6.15. The second-order valence-electron chi connectivity index (χ2n) is 5.48. The third-order valence-corrected chi connectivity index (χ3v) is 3.74. The molecule has 106 valence electrons. The van der Waals surface area contributed by atoms with E-state index in [1.807, 2.05) is 12.3 Å². The van der Waals surface area contributed by atoms with Crippen molar-refractivity contribution in [1.29, 1.82) is 0 Å². The predicted octanol–water partition coefficient (Wildman–Crippen LogP) is 3.54. The number of hydrogen-bond acceptors (Lipinski definition) is 3. The molecule has 1 N–H and O–H groups in total. The summed E-state index contributed by atoms with van der Waals surface area (Å²) in [6, 6.07) is 4.09. The van der Waals surface area contributed by atoms with Gasteiger partial charge in [-0.05, 0) is 43.9 Å². The molecule has 0 unspecified atom stereocenters. The minimum atomic E-state index is 0.750. The lowest BCUT2D eigenvalue weighted by Crippen LogP contribution is -2.16. The predicted molar refractivity (Wildman–Crippen MR) is 78.3 cm³/mol. The summed E-state index contributed by atoms with van der Waals surface area (Å²) < 4.78 is 5.84. The normalized spacial score (nSPS) is 16.5. The maximum absolute atomic E-state index is 5.84. The molecule has 0 atom stereocenters. The van der Waals surface area contributed by atoms with Gasteiger partial charge in [0.2, 0.25) is 0 Å². The largest absolute Gasteiger partial charge is 0.492 e. The van der Waals surface area contributed by atoms with Gasteiger partial charge in [0.15, 0.2) is 0 Å². The van der Waals surface area contributed by atoms with Crippen LogP contribution in [0.15, 0.2) is 18.3 Å². The molecule has 0 radical (unpaired) electrons. The first-order chi connectivity index (χ1) is 9.38. The van der Waals surface area contributed by atoms with Crippen molar-refractivity contribution in [1.82, 2.24) is 10.3 Å². The van der Waals surface area contributed by atoms with Gasteiger partial charge in [-0.2, -0.15) is 0 Å². The Bertz CT molecular complexity index is 344. The van der Waals surface area contributed by atoms with Crippen molar-refractivity contribution in [2.45, 2.75) is 52.0 Å². The van der Waals surface area contributed by atoms with Gasteiger partial charge in [-0.3, -0.25) is 4.98 Å².